The maximum Gasteiger partial charge on any atom is 0.408 e. The van der Waals surface area contributed by atoms with Crippen molar-refractivity contribution >= 4 is 40.8 Å². The number of imidazole rings is 1. The topological polar surface area (TPSA) is 163 Å². The summed E-state index contributed by atoms with van der Waals surface area (Å²) in [6.45, 7) is 5.91. The average Bonchev–Trinajstić information content (AvgIpc) is 3.25. The number of carbonyl (C=O) groups excluding carboxylic acids is 4. The molecule has 13 heteroatoms. The Hall–Kier alpha value is -4.42. The van der Waals surface area contributed by atoms with Crippen molar-refractivity contribution in [2.24, 2.45) is 24.8 Å². The third-order valence-corrected chi connectivity index (χ3v) is 9.95. The number of fused-ring (bicyclic) bond motifs is 5. The molecule has 1 aromatic carbocycles. The van der Waals surface area contributed by atoms with Crippen LogP contribution in [0, 0.1) is 17.8 Å². The Bertz CT molecular complexity index is 1630. The van der Waals surface area contributed by atoms with Gasteiger partial charge in [0, 0.05) is 44.4 Å². The van der Waals surface area contributed by atoms with E-state index in [4.69, 9.17) is 4.74 Å². The molecular formula is C34H44N6O7. The van der Waals surface area contributed by atoms with Gasteiger partial charge < -0.3 is 34.8 Å². The van der Waals surface area contributed by atoms with E-state index in [-0.39, 0.29) is 43.1 Å². The van der Waals surface area contributed by atoms with Crippen LogP contribution in [0.1, 0.15) is 69.9 Å². The zero-order valence-electron chi connectivity index (χ0n) is 27.4. The number of nitrogens with zero attached hydrogens (tertiary/aromatic N) is 4. The number of carbonyl (C=O) groups is 5. The molecule has 1 aromatic heterocycles. The molecule has 2 saturated heterocycles. The van der Waals surface area contributed by atoms with Gasteiger partial charge in [-0.2, -0.15) is 0 Å². The number of alkyl carbamates (subject to hydrolysis) is 1. The molecule has 0 spiro atoms. The molecule has 2 aromatic rings. The van der Waals surface area contributed by atoms with Crippen LogP contribution < -0.4 is 10.6 Å². The maximum absolute atomic E-state index is 14.3. The zero-order valence-corrected chi connectivity index (χ0v) is 27.4. The second kappa shape index (κ2) is 12.3. The number of aromatic nitrogens is 2. The molecule has 3 N–H and O–H groups in total. The molecule has 0 unspecified atom stereocenters. The first-order valence-corrected chi connectivity index (χ1v) is 16.5. The van der Waals surface area contributed by atoms with E-state index in [0.717, 1.165) is 24.8 Å². The predicted octanol–water partition coefficient (Wildman–Crippen LogP) is 2.85. The first-order valence-electron chi connectivity index (χ1n) is 16.5. The van der Waals surface area contributed by atoms with E-state index in [0.29, 0.717) is 24.9 Å². The minimum atomic E-state index is -1.45. The van der Waals surface area contributed by atoms with Crippen molar-refractivity contribution in [2.45, 2.75) is 82.5 Å². The van der Waals surface area contributed by atoms with Gasteiger partial charge in [-0.05, 0) is 58.6 Å². The van der Waals surface area contributed by atoms with E-state index in [2.05, 4.69) is 15.6 Å². The van der Waals surface area contributed by atoms with Crippen LogP contribution >= 0.6 is 0 Å². The number of carboxylic acid groups (broad SMARTS) is 1. The Morgan fingerprint density at radius 2 is 1.85 bits per heavy atom. The number of allylic oxidation sites excluding steroid dienone is 1. The smallest absolute Gasteiger partial charge is 0.408 e. The van der Waals surface area contributed by atoms with Crippen molar-refractivity contribution in [3.63, 3.8) is 0 Å². The summed E-state index contributed by atoms with van der Waals surface area (Å²) in [6, 6.07) is 5.52. The van der Waals surface area contributed by atoms with Gasteiger partial charge in [0.2, 0.25) is 11.8 Å². The Morgan fingerprint density at radius 3 is 2.57 bits per heavy atom. The summed E-state index contributed by atoms with van der Waals surface area (Å²) in [5, 5.41) is 15.8. The number of amides is 4. The molecule has 0 radical (unpaired) electrons. The van der Waals surface area contributed by atoms with Gasteiger partial charge in [0.25, 0.3) is 5.91 Å². The number of aryl methyl sites for hydroxylation is 1. The molecule has 1 saturated carbocycles. The van der Waals surface area contributed by atoms with E-state index in [1.807, 2.05) is 36.4 Å². The summed E-state index contributed by atoms with van der Waals surface area (Å²) in [7, 11) is 1.79. The third-order valence-electron chi connectivity index (χ3n) is 9.95. The summed E-state index contributed by atoms with van der Waals surface area (Å²) in [5.41, 5.74) is -0.696. The molecule has 6 atom stereocenters. The molecule has 4 amide bonds. The van der Waals surface area contributed by atoms with E-state index in [1.54, 1.807) is 37.3 Å². The molecule has 6 rings (SSSR count). The van der Waals surface area contributed by atoms with E-state index in [9.17, 15) is 29.1 Å². The van der Waals surface area contributed by atoms with Crippen LogP contribution in [0.3, 0.4) is 0 Å². The molecule has 1 aliphatic carbocycles. The van der Waals surface area contributed by atoms with E-state index < -0.39 is 53.0 Å². The van der Waals surface area contributed by atoms with Gasteiger partial charge in [-0.25, -0.2) is 14.6 Å². The van der Waals surface area contributed by atoms with Crippen LogP contribution in [0.5, 0.6) is 0 Å². The van der Waals surface area contributed by atoms with Crippen LogP contribution in [-0.2, 0) is 26.2 Å². The first-order chi connectivity index (χ1) is 22.3. The van der Waals surface area contributed by atoms with E-state index in [1.165, 1.54) is 4.90 Å². The fraction of sp³-hybridized carbons (Fsp3) is 0.588. The number of carboxylic acids is 1. The fourth-order valence-corrected chi connectivity index (χ4v) is 7.46. The van der Waals surface area contributed by atoms with Gasteiger partial charge in [0.1, 0.15) is 23.2 Å². The molecular weight excluding hydrogens is 604 g/mol. The molecule has 3 fully saturated rings. The highest BCUT2D eigenvalue weighted by Gasteiger charge is 2.62. The Morgan fingerprint density at radius 1 is 1.09 bits per heavy atom. The normalized spacial score (nSPS) is 30.3. The van der Waals surface area contributed by atoms with Crippen molar-refractivity contribution < 1.29 is 33.8 Å². The van der Waals surface area contributed by atoms with Crippen LogP contribution in [0.25, 0.3) is 11.0 Å². The second-order valence-corrected chi connectivity index (χ2v) is 14.4. The lowest BCUT2D eigenvalue weighted by atomic mass is 9.93. The average molecular weight is 649 g/mol. The summed E-state index contributed by atoms with van der Waals surface area (Å²) < 4.78 is 7.22. The third kappa shape index (κ3) is 6.31. The standard InChI is InChI=1S/C34H44N6O7/c1-33(2,3)47-32(46)36-24-14-9-7-5-6-8-12-21-16-34(21,31(44)45)37-28(41)26-22-19-39(17-20(22)18-40(26)29(24)42)30(43)27-35-23-13-10-11-15-25(23)38(27)4/h8,10-13,15,20-22,24,26H,5-7,9,14,16-19H2,1-4H3,(H,36,46)(H,37,41)(H,44,45)/b12-8-/t20-,21+,22-,24+,26-,34+/m0/s1. The van der Waals surface area contributed by atoms with Gasteiger partial charge in [-0.15, -0.1) is 0 Å². The number of benzene rings is 1. The summed E-state index contributed by atoms with van der Waals surface area (Å²) >= 11 is 0. The van der Waals surface area contributed by atoms with Gasteiger partial charge >= 0.3 is 12.1 Å². The van der Waals surface area contributed by atoms with Crippen molar-refractivity contribution in [1.29, 1.82) is 0 Å². The Labute approximate surface area is 273 Å². The summed E-state index contributed by atoms with van der Waals surface area (Å²) in [5.74, 6) is -3.10. The van der Waals surface area contributed by atoms with Crippen LogP contribution in [-0.4, -0.2) is 97.1 Å². The minimum absolute atomic E-state index is 0.184. The number of hydrogen-bond donors (Lipinski definition) is 3. The number of nitrogens with one attached hydrogen (secondary N) is 2. The molecule has 252 valence electrons. The first kappa shape index (κ1) is 32.5. The number of aliphatic carboxylic acids is 1. The SMILES string of the molecule is Cn1c(C(=O)N2C[C@H]3CN4C(=O)[C@H](NC(=O)OC(C)(C)C)CCCCC/C=C\[C@@H]5C[C@@]5(C(=O)O)NC(=O)[C@@H]4[C@H]3C2)nc2ccccc21. The highest BCUT2D eigenvalue weighted by Crippen LogP contribution is 2.46. The summed E-state index contributed by atoms with van der Waals surface area (Å²) in [6.07, 6.45) is 6.80. The number of ether oxygens (including phenoxy) is 1. The van der Waals surface area contributed by atoms with Crippen molar-refractivity contribution in [3.8, 4) is 0 Å². The largest absolute Gasteiger partial charge is 0.479 e. The molecule has 4 heterocycles. The van der Waals surface area contributed by atoms with Crippen LogP contribution in [0.4, 0.5) is 4.79 Å². The number of likely N-dealkylation sites (tertiary alicyclic amines) is 1. The quantitative estimate of drug-likeness (QED) is 0.428. The Kier molecular flexibility index (Phi) is 8.52. The van der Waals surface area contributed by atoms with Gasteiger partial charge in [-0.1, -0.05) is 37.1 Å². The highest BCUT2D eigenvalue weighted by molar-refractivity contribution is 5.97. The molecule has 4 aliphatic rings. The van der Waals surface area contributed by atoms with Crippen LogP contribution in [0.2, 0.25) is 0 Å². The lowest BCUT2D eigenvalue weighted by Gasteiger charge is -2.32. The molecule has 0 bridgehead atoms. The zero-order chi connectivity index (χ0) is 33.7. The summed E-state index contributed by atoms with van der Waals surface area (Å²) in [4.78, 5) is 75.3. The second-order valence-electron chi connectivity index (χ2n) is 14.4. The predicted molar refractivity (Wildman–Crippen MR) is 171 cm³/mol. The molecule has 47 heavy (non-hydrogen) atoms. The monoisotopic (exact) mass is 648 g/mol. The van der Waals surface area contributed by atoms with Crippen molar-refractivity contribution in [1.82, 2.24) is 30.0 Å². The molecule has 13 nitrogen and oxygen atoms in total. The number of rotatable bonds is 3. The van der Waals surface area contributed by atoms with Crippen molar-refractivity contribution in [2.75, 3.05) is 19.6 Å². The maximum atomic E-state index is 14.3. The van der Waals surface area contributed by atoms with Crippen LogP contribution in [0.15, 0.2) is 36.4 Å². The van der Waals surface area contributed by atoms with Gasteiger partial charge in [0.15, 0.2) is 5.82 Å². The number of para-hydroxylation sites is 2. The van der Waals surface area contributed by atoms with Gasteiger partial charge in [0.05, 0.1) is 11.0 Å². The van der Waals surface area contributed by atoms with E-state index >= 15 is 0 Å². The minimum Gasteiger partial charge on any atom is -0.479 e. The number of hydrogen-bond acceptors (Lipinski definition) is 7. The van der Waals surface area contributed by atoms with Crippen molar-refractivity contribution in [3.05, 3.63) is 42.2 Å². The lowest BCUT2D eigenvalue weighted by Crippen LogP contribution is -2.58. The lowest BCUT2D eigenvalue weighted by molar-refractivity contribution is -0.146. The van der Waals surface area contributed by atoms with Gasteiger partial charge in [-0.3, -0.25) is 14.4 Å². The fourth-order valence-electron chi connectivity index (χ4n) is 7.46. The Balaban J connectivity index is 1.29. The highest BCUT2D eigenvalue weighted by atomic mass is 16.6. The molecule has 3 aliphatic heterocycles.